The maximum atomic E-state index is 5.87. The summed E-state index contributed by atoms with van der Waals surface area (Å²) in [5.41, 5.74) is 3.36. The summed E-state index contributed by atoms with van der Waals surface area (Å²) in [6, 6.07) is 6.35. The summed E-state index contributed by atoms with van der Waals surface area (Å²) in [5.74, 6) is 1.33. The molecule has 0 amide bonds. The molecule has 3 heteroatoms. The van der Waals surface area contributed by atoms with Crippen molar-refractivity contribution < 1.29 is 4.42 Å². The molecule has 0 aliphatic carbocycles. The lowest BCUT2D eigenvalue weighted by atomic mass is 9.87. The Labute approximate surface area is 108 Å². The van der Waals surface area contributed by atoms with Crippen LogP contribution in [0.25, 0.3) is 11.1 Å². The average molecular weight is 244 g/mol. The van der Waals surface area contributed by atoms with Crippen LogP contribution in [-0.4, -0.2) is 18.1 Å². The molecule has 1 aliphatic heterocycles. The fourth-order valence-corrected chi connectivity index (χ4v) is 2.45. The van der Waals surface area contributed by atoms with Gasteiger partial charge in [0.2, 0.25) is 0 Å². The molecule has 3 nitrogen and oxygen atoms in total. The van der Waals surface area contributed by atoms with Crippen molar-refractivity contribution in [2.75, 3.05) is 13.1 Å². The van der Waals surface area contributed by atoms with E-state index in [1.807, 2.05) is 0 Å². The maximum absolute atomic E-state index is 5.87. The maximum Gasteiger partial charge on any atom is 0.199 e. The molecule has 0 spiro atoms. The monoisotopic (exact) mass is 244 g/mol. The average Bonchev–Trinajstić information content (AvgIpc) is 2.95. The molecule has 1 atom stereocenters. The Kier molecular flexibility index (Phi) is 2.67. The van der Waals surface area contributed by atoms with Crippen LogP contribution in [0.3, 0.4) is 0 Å². The van der Waals surface area contributed by atoms with Crippen molar-refractivity contribution in [1.82, 2.24) is 10.3 Å². The normalized spacial score (nSPS) is 20.7. The van der Waals surface area contributed by atoms with Gasteiger partial charge in [0.25, 0.3) is 0 Å². The zero-order chi connectivity index (χ0) is 12.8. The van der Waals surface area contributed by atoms with Crippen LogP contribution in [0.4, 0.5) is 0 Å². The lowest BCUT2D eigenvalue weighted by Gasteiger charge is -2.18. The van der Waals surface area contributed by atoms with E-state index >= 15 is 0 Å². The van der Waals surface area contributed by atoms with Gasteiger partial charge < -0.3 is 9.73 Å². The lowest BCUT2D eigenvalue weighted by Crippen LogP contribution is -2.10. The molecule has 1 N–H and O–H groups in total. The van der Waals surface area contributed by atoms with Crippen molar-refractivity contribution in [3.63, 3.8) is 0 Å². The van der Waals surface area contributed by atoms with Crippen molar-refractivity contribution in [3.05, 3.63) is 29.7 Å². The van der Waals surface area contributed by atoms with Crippen LogP contribution in [0.15, 0.2) is 22.6 Å². The van der Waals surface area contributed by atoms with Crippen molar-refractivity contribution in [2.24, 2.45) is 0 Å². The van der Waals surface area contributed by atoms with Crippen molar-refractivity contribution >= 4 is 11.1 Å². The molecular formula is C15H20N2O. The molecule has 1 aromatic heterocycles. The first-order valence-electron chi connectivity index (χ1n) is 6.66. The third kappa shape index (κ3) is 2.03. The Morgan fingerprint density at radius 1 is 1.33 bits per heavy atom. The molecule has 3 rings (SSSR count). The second-order valence-electron chi connectivity index (χ2n) is 6.17. The second kappa shape index (κ2) is 4.09. The van der Waals surface area contributed by atoms with E-state index < -0.39 is 0 Å². The molecule has 2 heterocycles. The first-order valence-corrected chi connectivity index (χ1v) is 6.66. The summed E-state index contributed by atoms with van der Waals surface area (Å²) >= 11 is 0. The summed E-state index contributed by atoms with van der Waals surface area (Å²) in [6.45, 7) is 8.71. The molecule has 1 fully saturated rings. The van der Waals surface area contributed by atoms with Gasteiger partial charge in [0.05, 0.1) is 0 Å². The number of nitrogens with zero attached hydrogens (tertiary/aromatic N) is 1. The van der Waals surface area contributed by atoms with E-state index in [-0.39, 0.29) is 5.41 Å². The van der Waals surface area contributed by atoms with Crippen LogP contribution in [0.1, 0.15) is 44.6 Å². The topological polar surface area (TPSA) is 38.1 Å². The molecule has 1 unspecified atom stereocenters. The number of rotatable bonds is 1. The van der Waals surface area contributed by atoms with Gasteiger partial charge in [-0.25, -0.2) is 4.98 Å². The smallest absolute Gasteiger partial charge is 0.199 e. The number of aromatic nitrogens is 1. The van der Waals surface area contributed by atoms with Crippen LogP contribution in [0, 0.1) is 0 Å². The molecule has 1 aromatic carbocycles. The second-order valence-corrected chi connectivity index (χ2v) is 6.17. The minimum atomic E-state index is 0.155. The van der Waals surface area contributed by atoms with Gasteiger partial charge in [-0.15, -0.1) is 0 Å². The largest absolute Gasteiger partial charge is 0.440 e. The van der Waals surface area contributed by atoms with E-state index in [4.69, 9.17) is 4.42 Å². The summed E-state index contributed by atoms with van der Waals surface area (Å²) in [4.78, 5) is 4.66. The third-order valence-electron chi connectivity index (χ3n) is 3.68. The molecule has 96 valence electrons. The number of hydrogen-bond donors (Lipinski definition) is 1. The molecule has 2 aromatic rings. The number of benzene rings is 1. The van der Waals surface area contributed by atoms with Crippen molar-refractivity contribution in [1.29, 1.82) is 0 Å². The number of hydrogen-bond acceptors (Lipinski definition) is 3. The number of fused-ring (bicyclic) bond motifs is 1. The Morgan fingerprint density at radius 3 is 2.83 bits per heavy atom. The van der Waals surface area contributed by atoms with Crippen molar-refractivity contribution in [2.45, 2.75) is 38.5 Å². The summed E-state index contributed by atoms with van der Waals surface area (Å²) in [7, 11) is 0. The highest BCUT2D eigenvalue weighted by molar-refractivity contribution is 5.74. The first-order chi connectivity index (χ1) is 8.54. The van der Waals surface area contributed by atoms with E-state index in [0.717, 1.165) is 36.5 Å². The summed E-state index contributed by atoms with van der Waals surface area (Å²) in [5, 5.41) is 3.35. The SMILES string of the molecule is CC(C)(C)c1ccc2oc(C3CCNC3)nc2c1. The minimum Gasteiger partial charge on any atom is -0.440 e. The van der Waals surface area contributed by atoms with Gasteiger partial charge in [0.1, 0.15) is 5.52 Å². The van der Waals surface area contributed by atoms with E-state index in [9.17, 15) is 0 Å². The zero-order valence-corrected chi connectivity index (χ0v) is 11.3. The fourth-order valence-electron chi connectivity index (χ4n) is 2.45. The number of nitrogens with one attached hydrogen (secondary N) is 1. The number of oxazole rings is 1. The van der Waals surface area contributed by atoms with Gasteiger partial charge in [-0.2, -0.15) is 0 Å². The summed E-state index contributed by atoms with van der Waals surface area (Å²) < 4.78 is 5.87. The Morgan fingerprint density at radius 2 is 2.17 bits per heavy atom. The molecule has 18 heavy (non-hydrogen) atoms. The standard InChI is InChI=1S/C15H20N2O/c1-15(2,3)11-4-5-13-12(8-11)17-14(18-13)10-6-7-16-9-10/h4-5,8,10,16H,6-7,9H2,1-3H3. The Bertz CT molecular complexity index is 559. The van der Waals surface area contributed by atoms with Gasteiger partial charge in [-0.05, 0) is 36.1 Å². The predicted octanol–water partition coefficient (Wildman–Crippen LogP) is 3.20. The van der Waals surface area contributed by atoms with E-state index in [2.05, 4.69) is 49.3 Å². The highest BCUT2D eigenvalue weighted by Crippen LogP contribution is 2.29. The third-order valence-corrected chi connectivity index (χ3v) is 3.68. The van der Waals surface area contributed by atoms with Gasteiger partial charge in [0.15, 0.2) is 11.5 Å². The summed E-state index contributed by atoms with van der Waals surface area (Å²) in [6.07, 6.45) is 1.12. The van der Waals surface area contributed by atoms with E-state index in [0.29, 0.717) is 5.92 Å². The lowest BCUT2D eigenvalue weighted by molar-refractivity contribution is 0.485. The van der Waals surface area contributed by atoms with Gasteiger partial charge in [-0.3, -0.25) is 0 Å². The van der Waals surface area contributed by atoms with Gasteiger partial charge >= 0.3 is 0 Å². The molecule has 0 saturated carbocycles. The zero-order valence-electron chi connectivity index (χ0n) is 11.3. The minimum absolute atomic E-state index is 0.155. The Hall–Kier alpha value is -1.35. The van der Waals surface area contributed by atoms with E-state index in [1.54, 1.807) is 0 Å². The molecule has 0 bridgehead atoms. The predicted molar refractivity (Wildman–Crippen MR) is 72.9 cm³/mol. The van der Waals surface area contributed by atoms with Crippen LogP contribution < -0.4 is 5.32 Å². The quantitative estimate of drug-likeness (QED) is 0.837. The van der Waals surface area contributed by atoms with Gasteiger partial charge in [0, 0.05) is 12.5 Å². The Balaban J connectivity index is 2.01. The highest BCUT2D eigenvalue weighted by Gasteiger charge is 2.22. The fraction of sp³-hybridized carbons (Fsp3) is 0.533. The van der Waals surface area contributed by atoms with Crippen LogP contribution >= 0.6 is 0 Å². The van der Waals surface area contributed by atoms with Crippen LogP contribution in [0.2, 0.25) is 0 Å². The molecular weight excluding hydrogens is 224 g/mol. The van der Waals surface area contributed by atoms with Gasteiger partial charge in [-0.1, -0.05) is 26.8 Å². The van der Waals surface area contributed by atoms with Crippen LogP contribution in [0.5, 0.6) is 0 Å². The van der Waals surface area contributed by atoms with E-state index in [1.165, 1.54) is 5.56 Å². The highest BCUT2D eigenvalue weighted by atomic mass is 16.3. The molecule has 0 radical (unpaired) electrons. The molecule has 1 saturated heterocycles. The van der Waals surface area contributed by atoms with Crippen molar-refractivity contribution in [3.8, 4) is 0 Å². The van der Waals surface area contributed by atoms with Crippen LogP contribution in [-0.2, 0) is 5.41 Å². The molecule has 1 aliphatic rings. The first kappa shape index (κ1) is 11.7.